The molecule has 2 N–H and O–H groups in total. The summed E-state index contributed by atoms with van der Waals surface area (Å²) in [4.78, 5) is 23.4. The van der Waals surface area contributed by atoms with Crippen molar-refractivity contribution in [1.29, 1.82) is 0 Å². The highest BCUT2D eigenvalue weighted by Crippen LogP contribution is 2.13. The minimum atomic E-state index is -0.945. The van der Waals surface area contributed by atoms with Crippen molar-refractivity contribution in [1.82, 2.24) is 10.6 Å². The Kier molecular flexibility index (Phi) is 4.93. The van der Waals surface area contributed by atoms with Gasteiger partial charge in [-0.05, 0) is 46.2 Å². The molecular weight excluding hydrogens is 220 g/mol. The zero-order valence-electron chi connectivity index (χ0n) is 10.8. The van der Waals surface area contributed by atoms with E-state index in [1.165, 1.54) is 0 Å². The first-order valence-corrected chi connectivity index (χ1v) is 6.14. The smallest absolute Gasteiger partial charge is 0.331 e. The summed E-state index contributed by atoms with van der Waals surface area (Å²) in [5.41, 5.74) is -0.945. The van der Waals surface area contributed by atoms with Crippen molar-refractivity contribution in [2.75, 3.05) is 19.7 Å². The Balaban J connectivity index is 2.40. The van der Waals surface area contributed by atoms with Crippen LogP contribution in [-0.4, -0.2) is 37.1 Å². The van der Waals surface area contributed by atoms with Crippen LogP contribution in [0.2, 0.25) is 0 Å². The van der Waals surface area contributed by atoms with Gasteiger partial charge in [0.1, 0.15) is 5.54 Å². The van der Waals surface area contributed by atoms with Gasteiger partial charge >= 0.3 is 5.97 Å². The van der Waals surface area contributed by atoms with E-state index in [2.05, 4.69) is 10.6 Å². The lowest BCUT2D eigenvalue weighted by atomic mass is 10.0. The zero-order valence-corrected chi connectivity index (χ0v) is 10.8. The fraction of sp³-hybridized carbons (Fsp3) is 0.833. The average molecular weight is 242 g/mol. The maximum absolute atomic E-state index is 11.8. The van der Waals surface area contributed by atoms with Gasteiger partial charge in [-0.15, -0.1) is 0 Å². The van der Waals surface area contributed by atoms with Crippen LogP contribution in [-0.2, 0) is 14.3 Å². The zero-order chi connectivity index (χ0) is 12.9. The lowest BCUT2D eigenvalue weighted by Gasteiger charge is -2.24. The molecule has 1 fully saturated rings. The van der Waals surface area contributed by atoms with Crippen molar-refractivity contribution in [3.05, 3.63) is 0 Å². The predicted molar refractivity (Wildman–Crippen MR) is 64.4 cm³/mol. The normalized spacial score (nSPS) is 20.1. The van der Waals surface area contributed by atoms with E-state index in [0.29, 0.717) is 18.9 Å². The van der Waals surface area contributed by atoms with Crippen LogP contribution in [0.4, 0.5) is 0 Å². The van der Waals surface area contributed by atoms with Gasteiger partial charge in [-0.25, -0.2) is 4.79 Å². The molecule has 1 atom stereocenters. The summed E-state index contributed by atoms with van der Waals surface area (Å²) in [6, 6.07) is 0. The highest BCUT2D eigenvalue weighted by molar-refractivity contribution is 5.87. The third-order valence-corrected chi connectivity index (χ3v) is 2.87. The number of amides is 1. The van der Waals surface area contributed by atoms with E-state index < -0.39 is 11.5 Å². The molecule has 0 radical (unpaired) electrons. The standard InChI is InChI=1S/C12H22N2O3/c1-4-17-11(16)12(2,3)14-10(15)7-9-5-6-13-8-9/h9,13H,4-8H2,1-3H3,(H,14,15). The third kappa shape index (κ3) is 4.34. The number of rotatable bonds is 5. The second-order valence-electron chi connectivity index (χ2n) is 4.96. The quantitative estimate of drug-likeness (QED) is 0.687. The Hall–Kier alpha value is -1.10. The van der Waals surface area contributed by atoms with Gasteiger partial charge in [-0.1, -0.05) is 0 Å². The summed E-state index contributed by atoms with van der Waals surface area (Å²) in [6.07, 6.45) is 1.49. The molecule has 0 saturated carbocycles. The van der Waals surface area contributed by atoms with Gasteiger partial charge in [0.2, 0.25) is 5.91 Å². The number of ether oxygens (including phenoxy) is 1. The fourth-order valence-corrected chi connectivity index (χ4v) is 1.91. The van der Waals surface area contributed by atoms with E-state index in [9.17, 15) is 9.59 Å². The minimum absolute atomic E-state index is 0.0863. The summed E-state index contributed by atoms with van der Waals surface area (Å²) < 4.78 is 4.91. The molecule has 0 aromatic carbocycles. The van der Waals surface area contributed by atoms with Gasteiger partial charge in [0.05, 0.1) is 6.61 Å². The van der Waals surface area contributed by atoms with Gasteiger partial charge in [-0.2, -0.15) is 0 Å². The number of esters is 1. The number of carbonyl (C=O) groups excluding carboxylic acids is 2. The largest absolute Gasteiger partial charge is 0.464 e. The lowest BCUT2D eigenvalue weighted by Crippen LogP contribution is -2.51. The summed E-state index contributed by atoms with van der Waals surface area (Å²) in [6.45, 7) is 7.25. The Morgan fingerprint density at radius 1 is 1.47 bits per heavy atom. The van der Waals surface area contributed by atoms with Crippen molar-refractivity contribution in [2.24, 2.45) is 5.92 Å². The van der Waals surface area contributed by atoms with E-state index in [-0.39, 0.29) is 5.91 Å². The van der Waals surface area contributed by atoms with Gasteiger partial charge < -0.3 is 15.4 Å². The van der Waals surface area contributed by atoms with Gasteiger partial charge in [0.15, 0.2) is 0 Å². The monoisotopic (exact) mass is 242 g/mol. The van der Waals surface area contributed by atoms with Crippen LogP contribution in [0.25, 0.3) is 0 Å². The number of nitrogens with one attached hydrogen (secondary N) is 2. The first kappa shape index (κ1) is 14.0. The highest BCUT2D eigenvalue weighted by Gasteiger charge is 2.31. The maximum Gasteiger partial charge on any atom is 0.331 e. The van der Waals surface area contributed by atoms with Crippen LogP contribution < -0.4 is 10.6 Å². The molecule has 1 saturated heterocycles. The average Bonchev–Trinajstić information content (AvgIpc) is 2.69. The molecule has 1 aliphatic heterocycles. The van der Waals surface area contributed by atoms with Crippen molar-refractivity contribution in [3.63, 3.8) is 0 Å². The maximum atomic E-state index is 11.8. The SMILES string of the molecule is CCOC(=O)C(C)(C)NC(=O)CC1CCNC1. The molecule has 1 rings (SSSR count). The Labute approximate surface area is 102 Å². The van der Waals surface area contributed by atoms with E-state index in [0.717, 1.165) is 19.5 Å². The fourth-order valence-electron chi connectivity index (χ4n) is 1.91. The predicted octanol–water partition coefficient (Wildman–Crippen LogP) is 0.444. The van der Waals surface area contributed by atoms with E-state index in [1.807, 2.05) is 0 Å². The summed E-state index contributed by atoms with van der Waals surface area (Å²) in [7, 11) is 0. The number of hydrogen-bond donors (Lipinski definition) is 2. The molecule has 0 aromatic rings. The molecule has 5 heteroatoms. The molecular formula is C12H22N2O3. The summed E-state index contributed by atoms with van der Waals surface area (Å²) >= 11 is 0. The lowest BCUT2D eigenvalue weighted by molar-refractivity contribution is -0.151. The molecule has 1 amide bonds. The second-order valence-corrected chi connectivity index (χ2v) is 4.96. The highest BCUT2D eigenvalue weighted by atomic mass is 16.5. The Bertz CT molecular complexity index is 283. The van der Waals surface area contributed by atoms with Crippen LogP contribution in [0.5, 0.6) is 0 Å². The third-order valence-electron chi connectivity index (χ3n) is 2.87. The molecule has 17 heavy (non-hydrogen) atoms. The van der Waals surface area contributed by atoms with Gasteiger partial charge in [0, 0.05) is 6.42 Å². The van der Waals surface area contributed by atoms with E-state index in [1.54, 1.807) is 20.8 Å². The molecule has 98 valence electrons. The molecule has 1 aliphatic rings. The van der Waals surface area contributed by atoms with Crippen molar-refractivity contribution < 1.29 is 14.3 Å². The topological polar surface area (TPSA) is 67.4 Å². The van der Waals surface area contributed by atoms with Crippen LogP contribution in [0.1, 0.15) is 33.6 Å². The van der Waals surface area contributed by atoms with Crippen LogP contribution in [0, 0.1) is 5.92 Å². The van der Waals surface area contributed by atoms with Crippen molar-refractivity contribution >= 4 is 11.9 Å². The first-order valence-electron chi connectivity index (χ1n) is 6.14. The van der Waals surface area contributed by atoms with Crippen molar-refractivity contribution in [2.45, 2.75) is 39.2 Å². The Morgan fingerprint density at radius 3 is 2.71 bits per heavy atom. The van der Waals surface area contributed by atoms with Crippen molar-refractivity contribution in [3.8, 4) is 0 Å². The van der Waals surface area contributed by atoms with Crippen LogP contribution in [0.3, 0.4) is 0 Å². The summed E-state index contributed by atoms with van der Waals surface area (Å²) in [5.74, 6) is -0.0948. The summed E-state index contributed by atoms with van der Waals surface area (Å²) in [5, 5.41) is 5.94. The minimum Gasteiger partial charge on any atom is -0.464 e. The molecule has 0 spiro atoms. The molecule has 1 unspecified atom stereocenters. The molecule has 1 heterocycles. The molecule has 0 aromatic heterocycles. The van der Waals surface area contributed by atoms with E-state index in [4.69, 9.17) is 4.74 Å². The Morgan fingerprint density at radius 2 is 2.18 bits per heavy atom. The molecule has 5 nitrogen and oxygen atoms in total. The van der Waals surface area contributed by atoms with Gasteiger partial charge in [-0.3, -0.25) is 4.79 Å². The van der Waals surface area contributed by atoms with Gasteiger partial charge in [0.25, 0.3) is 0 Å². The van der Waals surface area contributed by atoms with Crippen LogP contribution in [0.15, 0.2) is 0 Å². The first-order chi connectivity index (χ1) is 7.95. The van der Waals surface area contributed by atoms with E-state index >= 15 is 0 Å². The molecule has 0 bridgehead atoms. The van der Waals surface area contributed by atoms with Crippen LogP contribution >= 0.6 is 0 Å². The second kappa shape index (κ2) is 6.00. The number of carbonyl (C=O) groups is 2. The molecule has 0 aliphatic carbocycles. The number of hydrogen-bond acceptors (Lipinski definition) is 4.